The van der Waals surface area contributed by atoms with E-state index in [2.05, 4.69) is 15.9 Å². The maximum Gasteiger partial charge on any atom is 0.138 e. The Kier molecular flexibility index (Phi) is 4.11. The molecule has 0 radical (unpaired) electrons. The molecule has 4 heteroatoms. The number of halogens is 3. The standard InChI is InChI=1S/C10H11BrCl2O/c1-5-8(13)4-7(6(2)12)10(14-3)9(5)11/h4,6H,1-3H3/t6-/m1/s1. The number of methoxy groups -OCH3 is 1. The molecule has 0 spiro atoms. The van der Waals surface area contributed by atoms with Gasteiger partial charge in [-0.25, -0.2) is 0 Å². The summed E-state index contributed by atoms with van der Waals surface area (Å²) in [6, 6.07) is 1.85. The predicted octanol–water partition coefficient (Wildman–Crippen LogP) is 4.72. The van der Waals surface area contributed by atoms with Crippen molar-refractivity contribution in [2.24, 2.45) is 0 Å². The smallest absolute Gasteiger partial charge is 0.138 e. The lowest BCUT2D eigenvalue weighted by Gasteiger charge is -2.15. The zero-order chi connectivity index (χ0) is 10.9. The van der Waals surface area contributed by atoms with Crippen molar-refractivity contribution in [3.8, 4) is 5.75 Å². The van der Waals surface area contributed by atoms with E-state index in [0.29, 0.717) is 5.02 Å². The average Bonchev–Trinajstić information content (AvgIpc) is 2.13. The summed E-state index contributed by atoms with van der Waals surface area (Å²) in [5, 5.41) is 0.569. The van der Waals surface area contributed by atoms with Crippen LogP contribution in [0, 0.1) is 6.92 Å². The highest BCUT2D eigenvalue weighted by Gasteiger charge is 2.16. The molecular formula is C10H11BrCl2O. The lowest BCUT2D eigenvalue weighted by Crippen LogP contribution is -1.96. The van der Waals surface area contributed by atoms with Crippen molar-refractivity contribution in [1.29, 1.82) is 0 Å². The third-order valence-electron chi connectivity index (χ3n) is 2.06. The molecule has 1 atom stereocenters. The molecular weight excluding hydrogens is 287 g/mol. The summed E-state index contributed by atoms with van der Waals surface area (Å²) in [5.74, 6) is 0.759. The van der Waals surface area contributed by atoms with Crippen LogP contribution < -0.4 is 4.74 Å². The zero-order valence-corrected chi connectivity index (χ0v) is 11.3. The first-order chi connectivity index (χ1) is 6.49. The largest absolute Gasteiger partial charge is 0.495 e. The van der Waals surface area contributed by atoms with E-state index in [4.69, 9.17) is 27.9 Å². The van der Waals surface area contributed by atoms with E-state index >= 15 is 0 Å². The van der Waals surface area contributed by atoms with Gasteiger partial charge in [0, 0.05) is 10.6 Å². The zero-order valence-electron chi connectivity index (χ0n) is 8.20. The molecule has 0 fully saturated rings. The summed E-state index contributed by atoms with van der Waals surface area (Å²) in [5.41, 5.74) is 1.86. The molecule has 0 amide bonds. The third-order valence-corrected chi connectivity index (χ3v) is 3.65. The van der Waals surface area contributed by atoms with Crippen LogP contribution in [0.5, 0.6) is 5.75 Å². The first kappa shape index (κ1) is 12.2. The molecule has 0 aliphatic heterocycles. The molecule has 0 saturated carbocycles. The van der Waals surface area contributed by atoms with Gasteiger partial charge in [0.15, 0.2) is 0 Å². The summed E-state index contributed by atoms with van der Waals surface area (Å²) >= 11 is 15.5. The van der Waals surface area contributed by atoms with Crippen LogP contribution >= 0.6 is 39.1 Å². The lowest BCUT2D eigenvalue weighted by molar-refractivity contribution is 0.406. The SMILES string of the molecule is COc1c([C@@H](C)Cl)cc(Cl)c(C)c1Br. The van der Waals surface area contributed by atoms with Crippen molar-refractivity contribution >= 4 is 39.1 Å². The van der Waals surface area contributed by atoms with Crippen molar-refractivity contribution in [2.75, 3.05) is 7.11 Å². The van der Waals surface area contributed by atoms with E-state index in [1.54, 1.807) is 7.11 Å². The van der Waals surface area contributed by atoms with Crippen molar-refractivity contribution in [3.05, 3.63) is 26.7 Å². The second kappa shape index (κ2) is 4.73. The third kappa shape index (κ3) is 2.18. The van der Waals surface area contributed by atoms with Crippen LogP contribution in [0.25, 0.3) is 0 Å². The van der Waals surface area contributed by atoms with E-state index in [-0.39, 0.29) is 5.38 Å². The van der Waals surface area contributed by atoms with Crippen LogP contribution in [-0.2, 0) is 0 Å². The van der Waals surface area contributed by atoms with E-state index < -0.39 is 0 Å². The van der Waals surface area contributed by atoms with E-state index in [1.165, 1.54) is 0 Å². The minimum Gasteiger partial charge on any atom is -0.495 e. The monoisotopic (exact) mass is 296 g/mol. The summed E-state index contributed by atoms with van der Waals surface area (Å²) in [6.07, 6.45) is 0. The fraction of sp³-hybridized carbons (Fsp3) is 0.400. The molecule has 1 aromatic carbocycles. The topological polar surface area (TPSA) is 9.23 Å². The molecule has 0 aliphatic rings. The van der Waals surface area contributed by atoms with Crippen molar-refractivity contribution in [2.45, 2.75) is 19.2 Å². The van der Waals surface area contributed by atoms with Gasteiger partial charge in [0.2, 0.25) is 0 Å². The Hall–Kier alpha value is 0.0800. The van der Waals surface area contributed by atoms with Gasteiger partial charge in [-0.1, -0.05) is 11.6 Å². The fourth-order valence-corrected chi connectivity index (χ4v) is 2.31. The van der Waals surface area contributed by atoms with Crippen molar-refractivity contribution in [1.82, 2.24) is 0 Å². The van der Waals surface area contributed by atoms with E-state index in [1.807, 2.05) is 19.9 Å². The van der Waals surface area contributed by atoms with Crippen LogP contribution in [-0.4, -0.2) is 7.11 Å². The summed E-state index contributed by atoms with van der Waals surface area (Å²) in [4.78, 5) is 0. The van der Waals surface area contributed by atoms with Crippen LogP contribution in [0.2, 0.25) is 5.02 Å². The second-order valence-electron chi connectivity index (χ2n) is 3.04. The summed E-state index contributed by atoms with van der Waals surface area (Å²) < 4.78 is 6.15. The molecule has 0 aliphatic carbocycles. The van der Waals surface area contributed by atoms with Gasteiger partial charge in [-0.2, -0.15) is 0 Å². The van der Waals surface area contributed by atoms with Crippen LogP contribution in [0.15, 0.2) is 10.5 Å². The van der Waals surface area contributed by atoms with Gasteiger partial charge in [-0.3, -0.25) is 0 Å². The average molecular weight is 298 g/mol. The molecule has 0 N–H and O–H groups in total. The predicted molar refractivity (Wildman–Crippen MR) is 64.7 cm³/mol. The highest BCUT2D eigenvalue weighted by atomic mass is 79.9. The molecule has 0 saturated heterocycles. The minimum atomic E-state index is -0.126. The Labute approximate surface area is 102 Å². The number of rotatable bonds is 2. The molecule has 0 aromatic heterocycles. The highest BCUT2D eigenvalue weighted by molar-refractivity contribution is 9.10. The molecule has 0 heterocycles. The van der Waals surface area contributed by atoms with Gasteiger partial charge < -0.3 is 4.74 Å². The molecule has 1 rings (SSSR count). The first-order valence-electron chi connectivity index (χ1n) is 4.15. The van der Waals surface area contributed by atoms with E-state index in [0.717, 1.165) is 21.3 Å². The Morgan fingerprint density at radius 1 is 1.50 bits per heavy atom. The Morgan fingerprint density at radius 2 is 2.07 bits per heavy atom. The molecule has 14 heavy (non-hydrogen) atoms. The molecule has 0 unspecified atom stereocenters. The lowest BCUT2D eigenvalue weighted by atomic mass is 10.1. The Bertz CT molecular complexity index is 350. The maximum atomic E-state index is 6.05. The minimum absolute atomic E-state index is 0.126. The van der Waals surface area contributed by atoms with Crippen molar-refractivity contribution in [3.63, 3.8) is 0 Å². The van der Waals surface area contributed by atoms with Gasteiger partial charge in [0.05, 0.1) is 17.0 Å². The second-order valence-corrected chi connectivity index (χ2v) is 4.89. The maximum absolute atomic E-state index is 6.05. The molecule has 1 aromatic rings. The van der Waals surface area contributed by atoms with Gasteiger partial charge >= 0.3 is 0 Å². The van der Waals surface area contributed by atoms with Crippen LogP contribution in [0.1, 0.15) is 23.4 Å². The number of ether oxygens (including phenoxy) is 1. The first-order valence-corrected chi connectivity index (χ1v) is 5.76. The summed E-state index contributed by atoms with van der Waals surface area (Å²) in [6.45, 7) is 3.81. The van der Waals surface area contributed by atoms with Crippen LogP contribution in [0.3, 0.4) is 0 Å². The normalized spacial score (nSPS) is 12.7. The van der Waals surface area contributed by atoms with Gasteiger partial charge in [-0.05, 0) is 41.4 Å². The van der Waals surface area contributed by atoms with Crippen LogP contribution in [0.4, 0.5) is 0 Å². The number of benzene rings is 1. The Morgan fingerprint density at radius 3 is 2.50 bits per heavy atom. The van der Waals surface area contributed by atoms with Gasteiger partial charge in [0.1, 0.15) is 5.75 Å². The van der Waals surface area contributed by atoms with Crippen molar-refractivity contribution < 1.29 is 4.74 Å². The molecule has 1 nitrogen and oxygen atoms in total. The molecule has 78 valence electrons. The Balaban J connectivity index is 3.43. The van der Waals surface area contributed by atoms with E-state index in [9.17, 15) is 0 Å². The van der Waals surface area contributed by atoms with Gasteiger partial charge in [0.25, 0.3) is 0 Å². The summed E-state index contributed by atoms with van der Waals surface area (Å²) in [7, 11) is 1.62. The fourth-order valence-electron chi connectivity index (χ4n) is 1.22. The number of alkyl halides is 1. The highest BCUT2D eigenvalue weighted by Crippen LogP contribution is 2.40. The number of hydrogen-bond acceptors (Lipinski definition) is 1. The number of hydrogen-bond donors (Lipinski definition) is 0. The molecule has 0 bridgehead atoms. The van der Waals surface area contributed by atoms with Gasteiger partial charge in [-0.15, -0.1) is 11.6 Å². The quantitative estimate of drug-likeness (QED) is 0.718.